The molecule has 21 heavy (non-hydrogen) atoms. The summed E-state index contributed by atoms with van der Waals surface area (Å²) in [5.74, 6) is -0.0120. The van der Waals surface area contributed by atoms with Crippen molar-refractivity contribution in [1.29, 1.82) is 0 Å². The molecule has 0 saturated heterocycles. The first kappa shape index (κ1) is 15.7. The van der Waals surface area contributed by atoms with Crippen LogP contribution in [0.25, 0.3) is 11.3 Å². The predicted molar refractivity (Wildman–Crippen MR) is 88.9 cm³/mol. The number of thiazole rings is 1. The average molecular weight is 303 g/mol. The Kier molecular flexibility index (Phi) is 5.09. The van der Waals surface area contributed by atoms with Gasteiger partial charge in [-0.2, -0.15) is 0 Å². The Morgan fingerprint density at radius 1 is 1.19 bits per heavy atom. The summed E-state index contributed by atoms with van der Waals surface area (Å²) in [4.78, 5) is 16.2. The minimum absolute atomic E-state index is 0.0120. The maximum absolute atomic E-state index is 11.7. The summed E-state index contributed by atoms with van der Waals surface area (Å²) in [6.07, 6.45) is 0.452. The van der Waals surface area contributed by atoms with Gasteiger partial charge in [-0.1, -0.05) is 6.07 Å². The maximum atomic E-state index is 11.7. The van der Waals surface area contributed by atoms with E-state index in [1.165, 1.54) is 28.0 Å². The second kappa shape index (κ2) is 6.83. The lowest BCUT2D eigenvalue weighted by atomic mass is 9.99. The van der Waals surface area contributed by atoms with E-state index in [1.807, 2.05) is 12.4 Å². The lowest BCUT2D eigenvalue weighted by Crippen LogP contribution is -2.18. The van der Waals surface area contributed by atoms with Gasteiger partial charge in [0.1, 0.15) is 0 Å². The van der Waals surface area contributed by atoms with Crippen molar-refractivity contribution in [3.63, 3.8) is 0 Å². The second-order valence-corrected chi connectivity index (χ2v) is 6.05. The molecule has 2 aromatic rings. The summed E-state index contributed by atoms with van der Waals surface area (Å²) < 4.78 is 0. The zero-order valence-corrected chi connectivity index (χ0v) is 13.7. The fraction of sp³-hybridized carbons (Fsp3) is 0.375. The molecule has 2 rings (SSSR count). The number of benzene rings is 1. The number of aromatic nitrogens is 1. The molecule has 0 aliphatic rings. The number of hydrogen-bond donors (Lipinski definition) is 2. The molecular formula is C16H21N3OS. The molecule has 0 bridgehead atoms. The van der Waals surface area contributed by atoms with E-state index < -0.39 is 0 Å². The molecular weight excluding hydrogens is 282 g/mol. The van der Waals surface area contributed by atoms with E-state index >= 15 is 0 Å². The summed E-state index contributed by atoms with van der Waals surface area (Å²) in [5.41, 5.74) is 5.79. The first-order valence-corrected chi connectivity index (χ1v) is 7.87. The van der Waals surface area contributed by atoms with Crippen molar-refractivity contribution in [2.75, 3.05) is 18.9 Å². The van der Waals surface area contributed by atoms with Crippen LogP contribution in [0.2, 0.25) is 0 Å². The van der Waals surface area contributed by atoms with E-state index in [1.54, 1.807) is 0 Å². The van der Waals surface area contributed by atoms with Crippen LogP contribution in [-0.4, -0.2) is 24.5 Å². The van der Waals surface area contributed by atoms with Crippen LogP contribution in [0, 0.1) is 20.8 Å². The predicted octanol–water partition coefficient (Wildman–Crippen LogP) is 3.28. The largest absolute Gasteiger partial charge is 0.319 e. The fourth-order valence-electron chi connectivity index (χ4n) is 2.11. The molecule has 4 nitrogen and oxygen atoms in total. The van der Waals surface area contributed by atoms with Crippen LogP contribution >= 0.6 is 11.3 Å². The number of hydrogen-bond acceptors (Lipinski definition) is 4. The van der Waals surface area contributed by atoms with Gasteiger partial charge in [0.05, 0.1) is 5.69 Å². The third kappa shape index (κ3) is 3.89. The highest BCUT2D eigenvalue weighted by Crippen LogP contribution is 2.29. The number of nitrogens with one attached hydrogen (secondary N) is 2. The first-order valence-electron chi connectivity index (χ1n) is 6.99. The molecule has 112 valence electrons. The second-order valence-electron chi connectivity index (χ2n) is 5.19. The molecule has 1 amide bonds. The van der Waals surface area contributed by atoms with E-state index in [9.17, 15) is 4.79 Å². The molecule has 1 aromatic carbocycles. The highest BCUT2D eigenvalue weighted by atomic mass is 32.1. The van der Waals surface area contributed by atoms with Crippen LogP contribution in [0.5, 0.6) is 0 Å². The van der Waals surface area contributed by atoms with Crippen molar-refractivity contribution < 1.29 is 4.79 Å². The third-order valence-corrected chi connectivity index (χ3v) is 4.23. The fourth-order valence-corrected chi connectivity index (χ4v) is 2.84. The number of aryl methyl sites for hydroxylation is 3. The summed E-state index contributed by atoms with van der Waals surface area (Å²) >= 11 is 1.46. The van der Waals surface area contributed by atoms with Gasteiger partial charge in [-0.25, -0.2) is 4.98 Å². The molecule has 1 heterocycles. The van der Waals surface area contributed by atoms with Gasteiger partial charge in [-0.3, -0.25) is 4.79 Å². The maximum Gasteiger partial charge on any atom is 0.227 e. The van der Waals surface area contributed by atoms with Crippen LogP contribution in [-0.2, 0) is 4.79 Å². The topological polar surface area (TPSA) is 54.0 Å². The molecule has 0 aliphatic heterocycles. The quantitative estimate of drug-likeness (QED) is 0.891. The molecule has 0 radical (unpaired) electrons. The van der Waals surface area contributed by atoms with Crippen LogP contribution in [0.1, 0.15) is 23.1 Å². The van der Waals surface area contributed by atoms with E-state index in [2.05, 4.69) is 48.5 Å². The van der Waals surface area contributed by atoms with Gasteiger partial charge in [0.2, 0.25) is 5.91 Å². The molecule has 0 unspecified atom stereocenters. The van der Waals surface area contributed by atoms with Crippen molar-refractivity contribution in [2.24, 2.45) is 0 Å². The van der Waals surface area contributed by atoms with Crippen molar-refractivity contribution >= 4 is 22.4 Å². The monoisotopic (exact) mass is 303 g/mol. The molecule has 0 spiro atoms. The van der Waals surface area contributed by atoms with Gasteiger partial charge in [-0.05, 0) is 50.6 Å². The smallest absolute Gasteiger partial charge is 0.227 e. The lowest BCUT2D eigenvalue weighted by molar-refractivity contribution is -0.116. The Labute approximate surface area is 129 Å². The van der Waals surface area contributed by atoms with Crippen LogP contribution in [0.4, 0.5) is 5.13 Å². The van der Waals surface area contributed by atoms with E-state index in [4.69, 9.17) is 0 Å². The molecule has 0 saturated carbocycles. The number of amides is 1. The Morgan fingerprint density at radius 3 is 2.62 bits per heavy atom. The Bertz CT molecular complexity index is 649. The average Bonchev–Trinajstić information content (AvgIpc) is 2.88. The van der Waals surface area contributed by atoms with Gasteiger partial charge in [0.25, 0.3) is 0 Å². The molecule has 1 aromatic heterocycles. The van der Waals surface area contributed by atoms with Gasteiger partial charge in [0, 0.05) is 23.9 Å². The van der Waals surface area contributed by atoms with E-state index in [-0.39, 0.29) is 5.91 Å². The Hall–Kier alpha value is -1.72. The SMILES string of the molecule is CNCCC(=O)Nc1nc(-c2cc(C)c(C)cc2C)cs1. The standard InChI is InChI=1S/C16H21N3OS/c1-10-7-12(3)13(8-11(10)2)14-9-21-16(18-14)19-15(20)5-6-17-4/h7-9,17H,5-6H2,1-4H3,(H,18,19,20). The van der Waals surface area contributed by atoms with Gasteiger partial charge >= 0.3 is 0 Å². The normalized spacial score (nSPS) is 10.7. The highest BCUT2D eigenvalue weighted by molar-refractivity contribution is 7.14. The number of anilines is 1. The van der Waals surface area contributed by atoms with E-state index in [0.29, 0.717) is 18.1 Å². The van der Waals surface area contributed by atoms with Crippen LogP contribution in [0.3, 0.4) is 0 Å². The summed E-state index contributed by atoms with van der Waals surface area (Å²) in [6, 6.07) is 4.33. The van der Waals surface area contributed by atoms with E-state index in [0.717, 1.165) is 11.3 Å². The number of carbonyl (C=O) groups is 1. The number of rotatable bonds is 5. The van der Waals surface area contributed by atoms with Crippen molar-refractivity contribution in [2.45, 2.75) is 27.2 Å². The summed E-state index contributed by atoms with van der Waals surface area (Å²) in [5, 5.41) is 8.44. The minimum Gasteiger partial charge on any atom is -0.319 e. The summed E-state index contributed by atoms with van der Waals surface area (Å²) in [7, 11) is 1.83. The van der Waals surface area contributed by atoms with Gasteiger partial charge in [0.15, 0.2) is 5.13 Å². The lowest BCUT2D eigenvalue weighted by Gasteiger charge is -2.07. The highest BCUT2D eigenvalue weighted by Gasteiger charge is 2.10. The van der Waals surface area contributed by atoms with Crippen molar-refractivity contribution in [3.8, 4) is 11.3 Å². The van der Waals surface area contributed by atoms with Gasteiger partial charge < -0.3 is 10.6 Å². The zero-order valence-electron chi connectivity index (χ0n) is 12.9. The first-order chi connectivity index (χ1) is 10.0. The molecule has 2 N–H and O–H groups in total. The van der Waals surface area contributed by atoms with Crippen LogP contribution in [0.15, 0.2) is 17.5 Å². The van der Waals surface area contributed by atoms with Crippen molar-refractivity contribution in [3.05, 3.63) is 34.2 Å². The molecule has 0 aliphatic carbocycles. The molecule has 0 fully saturated rings. The zero-order chi connectivity index (χ0) is 15.4. The van der Waals surface area contributed by atoms with Gasteiger partial charge in [-0.15, -0.1) is 11.3 Å². The summed E-state index contributed by atoms with van der Waals surface area (Å²) in [6.45, 7) is 6.97. The Balaban J connectivity index is 2.16. The molecule has 5 heteroatoms. The van der Waals surface area contributed by atoms with Crippen LogP contribution < -0.4 is 10.6 Å². The number of carbonyl (C=O) groups excluding carboxylic acids is 1. The van der Waals surface area contributed by atoms with Crippen molar-refractivity contribution in [1.82, 2.24) is 10.3 Å². The molecule has 0 atom stereocenters. The minimum atomic E-state index is -0.0120. The Morgan fingerprint density at radius 2 is 1.90 bits per heavy atom. The third-order valence-electron chi connectivity index (χ3n) is 3.47. The number of nitrogens with zero attached hydrogens (tertiary/aromatic N) is 1.